The molecule has 0 aliphatic carbocycles. The molecule has 0 aliphatic heterocycles. The lowest BCUT2D eigenvalue weighted by atomic mass is 9.93. The molecule has 0 aliphatic rings. The van der Waals surface area contributed by atoms with E-state index in [1.54, 1.807) is 5.57 Å². The van der Waals surface area contributed by atoms with E-state index in [4.69, 9.17) is 0 Å². The normalized spacial score (nSPS) is 13.6. The van der Waals surface area contributed by atoms with Crippen LogP contribution in [0.3, 0.4) is 0 Å². The van der Waals surface area contributed by atoms with E-state index in [9.17, 15) is 0 Å². The fourth-order valence-electron chi connectivity index (χ4n) is 1.96. The van der Waals surface area contributed by atoms with Gasteiger partial charge in [-0.3, -0.25) is 4.59 Å². The number of hydrogen-bond donors (Lipinski definition) is 1. The third kappa shape index (κ3) is 7.56. The Hall–Kier alpha value is -0.340. The van der Waals surface area contributed by atoms with Crippen LogP contribution in [0.4, 0.5) is 0 Å². The summed E-state index contributed by atoms with van der Waals surface area (Å²) in [5.74, 6) is 0.756. The maximum Gasteiger partial charge on any atom is 0.0957 e. The zero-order chi connectivity index (χ0) is 13.5. The Kier molecular flexibility index (Phi) is 7.73. The highest BCUT2D eigenvalue weighted by molar-refractivity contribution is 5.09. The molecule has 1 unspecified atom stereocenters. The third-order valence-electron chi connectivity index (χ3n) is 3.99. The van der Waals surface area contributed by atoms with Crippen molar-refractivity contribution >= 4 is 0 Å². The van der Waals surface area contributed by atoms with E-state index >= 15 is 0 Å². The number of nitrogens with zero attached hydrogens (tertiary/aromatic N) is 1. The fraction of sp³-hybridized carbons (Fsp3) is 0.867. The molecule has 0 heterocycles. The van der Waals surface area contributed by atoms with Gasteiger partial charge in [-0.15, -0.1) is 0 Å². The van der Waals surface area contributed by atoms with Gasteiger partial charge >= 0.3 is 0 Å². The van der Waals surface area contributed by atoms with Crippen LogP contribution in [0.5, 0.6) is 0 Å². The zero-order valence-corrected chi connectivity index (χ0v) is 13.1. The van der Waals surface area contributed by atoms with E-state index in [2.05, 4.69) is 47.2 Å². The van der Waals surface area contributed by atoms with Crippen molar-refractivity contribution in [2.75, 3.05) is 27.7 Å². The van der Waals surface area contributed by atoms with Crippen molar-refractivity contribution in [2.45, 2.75) is 53.4 Å². The summed E-state index contributed by atoms with van der Waals surface area (Å²) in [7, 11) is 6.46. The van der Waals surface area contributed by atoms with Gasteiger partial charge in [0.05, 0.1) is 20.6 Å². The molecular formula is C15H33N2+. The average molecular weight is 241 g/mol. The molecule has 102 valence electrons. The van der Waals surface area contributed by atoms with Crippen molar-refractivity contribution in [3.8, 4) is 0 Å². The van der Waals surface area contributed by atoms with Gasteiger partial charge < -0.3 is 0 Å². The largest absolute Gasteiger partial charge is 0.251 e. The highest BCUT2D eigenvalue weighted by Gasteiger charge is 2.11. The minimum Gasteiger partial charge on any atom is -0.251 e. The quantitative estimate of drug-likeness (QED) is 0.295. The number of nitrogens with one attached hydrogen (secondary N) is 1. The highest BCUT2D eigenvalue weighted by Crippen LogP contribution is 2.20. The third-order valence-corrected chi connectivity index (χ3v) is 3.99. The molecule has 0 aromatic carbocycles. The average Bonchev–Trinajstić information content (AvgIpc) is 2.27. The maximum absolute atomic E-state index is 3.30. The molecule has 0 aromatic rings. The molecule has 0 fully saturated rings. The monoisotopic (exact) mass is 241 g/mol. The first-order valence-electron chi connectivity index (χ1n) is 6.96. The van der Waals surface area contributed by atoms with Crippen LogP contribution in [0.1, 0.15) is 53.4 Å². The number of quaternary nitrogens is 1. The van der Waals surface area contributed by atoms with E-state index in [1.807, 2.05) is 7.05 Å². The summed E-state index contributed by atoms with van der Waals surface area (Å²) in [5, 5.41) is 0. The minimum atomic E-state index is 0.756. The second kappa shape index (κ2) is 7.88. The lowest BCUT2D eigenvalue weighted by molar-refractivity contribution is -0.932. The summed E-state index contributed by atoms with van der Waals surface area (Å²) in [6.45, 7) is 10.3. The van der Waals surface area contributed by atoms with Gasteiger partial charge in [0, 0.05) is 7.05 Å². The Morgan fingerprint density at radius 2 is 1.65 bits per heavy atom. The standard InChI is InChI=1S/C15H33N2/c1-13(2)15(4)14(3)11-9-8-10-12-17(6,7)16-5/h14,16H,8-12H2,1-7H3/q+1. The van der Waals surface area contributed by atoms with Crippen molar-refractivity contribution in [3.63, 3.8) is 0 Å². The van der Waals surface area contributed by atoms with Crippen LogP contribution in [-0.2, 0) is 0 Å². The number of unbranched alkanes of at least 4 members (excludes halogenated alkanes) is 2. The number of rotatable bonds is 8. The van der Waals surface area contributed by atoms with Crippen molar-refractivity contribution in [3.05, 3.63) is 11.1 Å². The zero-order valence-electron chi connectivity index (χ0n) is 13.1. The number of hydrogen-bond acceptors (Lipinski definition) is 1. The molecule has 0 saturated heterocycles. The Morgan fingerprint density at radius 3 is 2.12 bits per heavy atom. The second-order valence-corrected chi connectivity index (χ2v) is 6.07. The van der Waals surface area contributed by atoms with E-state index in [1.165, 1.54) is 37.8 Å². The molecule has 2 heteroatoms. The van der Waals surface area contributed by atoms with Crippen LogP contribution in [0.25, 0.3) is 0 Å². The van der Waals surface area contributed by atoms with Gasteiger partial charge in [0.25, 0.3) is 0 Å². The van der Waals surface area contributed by atoms with Crippen LogP contribution in [0, 0.1) is 5.92 Å². The molecule has 1 atom stereocenters. The summed E-state index contributed by atoms with van der Waals surface area (Å²) in [6, 6.07) is 0. The molecular weight excluding hydrogens is 208 g/mol. The summed E-state index contributed by atoms with van der Waals surface area (Å²) < 4.78 is 0.919. The minimum absolute atomic E-state index is 0.756. The first-order chi connectivity index (χ1) is 7.80. The maximum atomic E-state index is 3.30. The molecule has 0 rings (SSSR count). The summed E-state index contributed by atoms with van der Waals surface area (Å²) in [6.07, 6.45) is 5.36. The van der Waals surface area contributed by atoms with Crippen LogP contribution in [-0.4, -0.2) is 32.3 Å². The highest BCUT2D eigenvalue weighted by atomic mass is 15.6. The Labute approximate surface area is 109 Å². The van der Waals surface area contributed by atoms with E-state index in [0.717, 1.165) is 10.5 Å². The van der Waals surface area contributed by atoms with Gasteiger partial charge in [-0.25, -0.2) is 0 Å². The fourth-order valence-corrected chi connectivity index (χ4v) is 1.96. The van der Waals surface area contributed by atoms with Crippen molar-refractivity contribution < 1.29 is 4.59 Å². The van der Waals surface area contributed by atoms with Gasteiger partial charge in [0.15, 0.2) is 0 Å². The lowest BCUT2D eigenvalue weighted by Gasteiger charge is -2.27. The van der Waals surface area contributed by atoms with Gasteiger partial charge in [-0.2, -0.15) is 5.43 Å². The van der Waals surface area contributed by atoms with Crippen molar-refractivity contribution in [1.82, 2.24) is 5.43 Å². The Bertz CT molecular complexity index is 237. The second-order valence-electron chi connectivity index (χ2n) is 6.07. The van der Waals surface area contributed by atoms with E-state index in [0.29, 0.717) is 0 Å². The predicted octanol–water partition coefficient (Wildman–Crippen LogP) is 3.75. The molecule has 0 spiro atoms. The van der Waals surface area contributed by atoms with E-state index in [-0.39, 0.29) is 0 Å². The van der Waals surface area contributed by atoms with Crippen LogP contribution in [0.2, 0.25) is 0 Å². The molecule has 2 nitrogen and oxygen atoms in total. The smallest absolute Gasteiger partial charge is 0.0957 e. The molecule has 0 saturated carbocycles. The molecule has 17 heavy (non-hydrogen) atoms. The Morgan fingerprint density at radius 1 is 1.06 bits per heavy atom. The SMILES string of the molecule is CN[N+](C)(C)CCCCCC(C)C(C)=C(C)C. The summed E-state index contributed by atoms with van der Waals surface area (Å²) in [5.41, 5.74) is 6.38. The van der Waals surface area contributed by atoms with Crippen molar-refractivity contribution in [2.24, 2.45) is 5.92 Å². The molecule has 1 N–H and O–H groups in total. The lowest BCUT2D eigenvalue weighted by Crippen LogP contribution is -2.50. The van der Waals surface area contributed by atoms with Gasteiger partial charge in [0.2, 0.25) is 0 Å². The summed E-state index contributed by atoms with van der Waals surface area (Å²) >= 11 is 0. The summed E-state index contributed by atoms with van der Waals surface area (Å²) in [4.78, 5) is 0. The topological polar surface area (TPSA) is 12.0 Å². The number of allylic oxidation sites excluding steroid dienone is 2. The van der Waals surface area contributed by atoms with Crippen LogP contribution in [0.15, 0.2) is 11.1 Å². The first-order valence-corrected chi connectivity index (χ1v) is 6.96. The molecule has 0 radical (unpaired) electrons. The molecule has 0 aromatic heterocycles. The van der Waals surface area contributed by atoms with Gasteiger partial charge in [-0.05, 0) is 46.0 Å². The van der Waals surface area contributed by atoms with Crippen molar-refractivity contribution in [1.29, 1.82) is 0 Å². The predicted molar refractivity (Wildman–Crippen MR) is 77.7 cm³/mol. The first kappa shape index (κ1) is 16.7. The van der Waals surface area contributed by atoms with Gasteiger partial charge in [-0.1, -0.05) is 24.5 Å². The molecule has 0 amide bonds. The molecule has 0 bridgehead atoms. The van der Waals surface area contributed by atoms with E-state index < -0.39 is 0 Å². The van der Waals surface area contributed by atoms with Gasteiger partial charge in [0.1, 0.15) is 0 Å². The van der Waals surface area contributed by atoms with Crippen LogP contribution >= 0.6 is 0 Å². The Balaban J connectivity index is 3.70. The van der Waals surface area contributed by atoms with Crippen LogP contribution < -0.4 is 5.43 Å².